The molecule has 3 nitrogen and oxygen atoms in total. The highest BCUT2D eigenvalue weighted by molar-refractivity contribution is 6.03. The van der Waals surface area contributed by atoms with Gasteiger partial charge in [-0.15, -0.1) is 0 Å². The van der Waals surface area contributed by atoms with Crippen molar-refractivity contribution in [2.45, 2.75) is 6.92 Å². The zero-order valence-corrected chi connectivity index (χ0v) is 10.5. The fourth-order valence-corrected chi connectivity index (χ4v) is 2.88. The van der Waals surface area contributed by atoms with Gasteiger partial charge in [0.25, 0.3) is 0 Å². The summed E-state index contributed by atoms with van der Waals surface area (Å²) in [4.78, 5) is 4.45. The van der Waals surface area contributed by atoms with E-state index >= 15 is 0 Å². The average Bonchev–Trinajstić information content (AvgIpc) is 2.81. The summed E-state index contributed by atoms with van der Waals surface area (Å²) in [7, 11) is 0. The summed E-state index contributed by atoms with van der Waals surface area (Å²) in [6.45, 7) is 6.28. The third kappa shape index (κ3) is 1.19. The Kier molecular flexibility index (Phi) is 1.78. The number of benzene rings is 2. The Labute approximate surface area is 109 Å². The van der Waals surface area contributed by atoms with Crippen LogP contribution < -0.4 is 5.22 Å². The lowest BCUT2D eigenvalue weighted by Crippen LogP contribution is -2.07. The highest BCUT2D eigenvalue weighted by Gasteiger charge is 2.12. The molecule has 92 valence electrons. The van der Waals surface area contributed by atoms with E-state index in [0.717, 1.165) is 32.5 Å². The number of hydrogen-bond acceptors (Lipinski definition) is 2. The number of aromatic nitrogens is 2. The number of imidazole rings is 1. The summed E-state index contributed by atoms with van der Waals surface area (Å²) in [5, 5.41) is 12.7. The van der Waals surface area contributed by atoms with E-state index < -0.39 is 0 Å². The van der Waals surface area contributed by atoms with E-state index in [1.54, 1.807) is 12.1 Å². The quantitative estimate of drug-likeness (QED) is 0.486. The van der Waals surface area contributed by atoms with E-state index in [1.165, 1.54) is 5.56 Å². The van der Waals surface area contributed by atoms with Crippen molar-refractivity contribution in [3.63, 3.8) is 0 Å². The van der Waals surface area contributed by atoms with Gasteiger partial charge in [0.1, 0.15) is 12.1 Å². The minimum atomic E-state index is 0.258. The van der Waals surface area contributed by atoms with Crippen LogP contribution >= 0.6 is 0 Å². The molecule has 0 radical (unpaired) electrons. The molecular weight excluding hydrogens is 236 g/mol. The lowest BCUT2D eigenvalue weighted by atomic mass is 10.0. The Morgan fingerprint density at radius 1 is 1.21 bits per heavy atom. The van der Waals surface area contributed by atoms with Crippen LogP contribution in [0.5, 0.6) is 5.75 Å². The van der Waals surface area contributed by atoms with Gasteiger partial charge in [0.05, 0.1) is 16.6 Å². The van der Waals surface area contributed by atoms with Gasteiger partial charge < -0.3 is 5.11 Å². The number of pyridine rings is 1. The molecule has 0 fully saturated rings. The summed E-state index contributed by atoms with van der Waals surface area (Å²) in [6, 6.07) is 9.46. The van der Waals surface area contributed by atoms with Gasteiger partial charge in [-0.3, -0.25) is 4.40 Å². The number of fused-ring (bicyclic) bond motifs is 2. The van der Waals surface area contributed by atoms with Crippen LogP contribution in [0.15, 0.2) is 36.7 Å². The van der Waals surface area contributed by atoms with Gasteiger partial charge >= 0.3 is 0 Å². The van der Waals surface area contributed by atoms with E-state index in [1.807, 2.05) is 18.5 Å². The van der Waals surface area contributed by atoms with Crippen LogP contribution in [0.2, 0.25) is 0 Å². The van der Waals surface area contributed by atoms with Gasteiger partial charge in [0, 0.05) is 10.8 Å². The molecule has 0 amide bonds. The first-order valence-corrected chi connectivity index (χ1v) is 6.16. The topological polar surface area (TPSA) is 37.5 Å². The summed E-state index contributed by atoms with van der Waals surface area (Å²) >= 11 is 0. The SMILES string of the molecule is C=c1c2cc(O)ccc2n2cnc3ccc(C)c1c32. The minimum absolute atomic E-state index is 0.258. The van der Waals surface area contributed by atoms with Crippen molar-refractivity contribution in [2.75, 3.05) is 0 Å². The third-order valence-corrected chi connectivity index (χ3v) is 3.78. The second-order valence-corrected chi connectivity index (χ2v) is 4.92. The Hall–Kier alpha value is -2.55. The molecular formula is C16H12N2O. The fourth-order valence-electron chi connectivity index (χ4n) is 2.88. The minimum Gasteiger partial charge on any atom is -0.508 e. The Balaban J connectivity index is 2.48. The number of aromatic hydroxyl groups is 1. The second kappa shape index (κ2) is 3.26. The van der Waals surface area contributed by atoms with Crippen molar-refractivity contribution in [1.82, 2.24) is 9.38 Å². The number of rotatable bonds is 0. The molecule has 4 rings (SSSR count). The highest BCUT2D eigenvalue weighted by atomic mass is 16.3. The smallest absolute Gasteiger partial charge is 0.116 e. The van der Waals surface area contributed by atoms with Gasteiger partial charge in [-0.2, -0.15) is 0 Å². The van der Waals surface area contributed by atoms with Crippen molar-refractivity contribution in [2.24, 2.45) is 0 Å². The van der Waals surface area contributed by atoms with Gasteiger partial charge in [0.15, 0.2) is 0 Å². The molecule has 1 N–H and O–H groups in total. The first-order chi connectivity index (χ1) is 9.16. The fraction of sp³-hybridized carbons (Fsp3) is 0.0625. The van der Waals surface area contributed by atoms with Crippen LogP contribution in [-0.2, 0) is 0 Å². The van der Waals surface area contributed by atoms with E-state index in [9.17, 15) is 5.11 Å². The van der Waals surface area contributed by atoms with Crippen molar-refractivity contribution in [3.8, 4) is 5.75 Å². The Morgan fingerprint density at radius 2 is 2.05 bits per heavy atom. The number of hydrogen-bond donors (Lipinski definition) is 1. The number of phenolic OH excluding ortho intramolecular Hbond substituents is 1. The summed E-state index contributed by atoms with van der Waals surface area (Å²) in [5.74, 6) is 0.258. The molecule has 0 saturated carbocycles. The molecule has 0 aliphatic rings. The molecule has 0 bridgehead atoms. The molecule has 19 heavy (non-hydrogen) atoms. The monoisotopic (exact) mass is 248 g/mol. The van der Waals surface area contributed by atoms with E-state index in [-0.39, 0.29) is 5.75 Å². The second-order valence-electron chi connectivity index (χ2n) is 4.92. The van der Waals surface area contributed by atoms with E-state index in [4.69, 9.17) is 0 Å². The van der Waals surface area contributed by atoms with Gasteiger partial charge in [-0.05, 0) is 42.0 Å². The van der Waals surface area contributed by atoms with Crippen LogP contribution in [0, 0.1) is 6.92 Å². The first-order valence-electron chi connectivity index (χ1n) is 6.16. The predicted octanol–water partition coefficient (Wildman–Crippen LogP) is 2.78. The number of phenols is 1. The average molecular weight is 248 g/mol. The molecule has 2 aromatic carbocycles. The molecule has 0 spiro atoms. The van der Waals surface area contributed by atoms with Gasteiger partial charge in [-0.1, -0.05) is 12.6 Å². The third-order valence-electron chi connectivity index (χ3n) is 3.78. The molecule has 0 saturated heterocycles. The molecule has 0 aliphatic heterocycles. The van der Waals surface area contributed by atoms with Crippen LogP contribution in [0.1, 0.15) is 5.56 Å². The molecule has 0 unspecified atom stereocenters. The van der Waals surface area contributed by atoms with Crippen LogP contribution in [0.4, 0.5) is 0 Å². The summed E-state index contributed by atoms with van der Waals surface area (Å²) < 4.78 is 2.07. The number of nitrogens with zero attached hydrogens (tertiary/aromatic N) is 2. The molecule has 0 atom stereocenters. The highest BCUT2D eigenvalue weighted by Crippen LogP contribution is 2.26. The Morgan fingerprint density at radius 3 is 2.89 bits per heavy atom. The molecule has 3 heteroatoms. The molecule has 2 heterocycles. The molecule has 0 aliphatic carbocycles. The maximum Gasteiger partial charge on any atom is 0.116 e. The van der Waals surface area contributed by atoms with Gasteiger partial charge in [0.2, 0.25) is 0 Å². The van der Waals surface area contributed by atoms with Crippen molar-refractivity contribution < 1.29 is 5.11 Å². The van der Waals surface area contributed by atoms with Crippen molar-refractivity contribution in [3.05, 3.63) is 47.4 Å². The van der Waals surface area contributed by atoms with Crippen molar-refractivity contribution in [1.29, 1.82) is 0 Å². The van der Waals surface area contributed by atoms with Crippen LogP contribution in [0.25, 0.3) is 33.9 Å². The van der Waals surface area contributed by atoms with Gasteiger partial charge in [-0.25, -0.2) is 4.98 Å². The first kappa shape index (κ1) is 10.4. The standard InChI is InChI=1S/C16H12N2O/c1-9-3-5-13-16-15(9)10(2)12-7-11(19)4-6-14(12)18(16)8-17-13/h3-8,19H,2H2,1H3. The van der Waals surface area contributed by atoms with Crippen LogP contribution in [-0.4, -0.2) is 14.5 Å². The summed E-state index contributed by atoms with van der Waals surface area (Å²) in [5.41, 5.74) is 4.26. The zero-order valence-electron chi connectivity index (χ0n) is 10.5. The summed E-state index contributed by atoms with van der Waals surface area (Å²) in [6.07, 6.45) is 1.83. The maximum atomic E-state index is 9.70. The normalized spacial score (nSPS) is 11.8. The lowest BCUT2D eigenvalue weighted by molar-refractivity contribution is 0.476. The molecule has 4 aromatic rings. The number of aryl methyl sites for hydroxylation is 1. The predicted molar refractivity (Wildman–Crippen MR) is 77.3 cm³/mol. The Bertz CT molecular complexity index is 998. The van der Waals surface area contributed by atoms with Crippen molar-refractivity contribution >= 4 is 33.9 Å². The maximum absolute atomic E-state index is 9.70. The van der Waals surface area contributed by atoms with E-state index in [0.29, 0.717) is 0 Å². The van der Waals surface area contributed by atoms with E-state index in [2.05, 4.69) is 29.0 Å². The zero-order chi connectivity index (χ0) is 13.1. The van der Waals surface area contributed by atoms with Crippen LogP contribution in [0.3, 0.4) is 0 Å². The lowest BCUT2D eigenvalue weighted by Gasteiger charge is -2.09. The largest absolute Gasteiger partial charge is 0.508 e. The molecule has 2 aromatic heterocycles.